The van der Waals surface area contributed by atoms with E-state index >= 15 is 0 Å². The largest absolute Gasteiger partial charge is 0.352 e. The van der Waals surface area contributed by atoms with Gasteiger partial charge in [0.25, 0.3) is 0 Å². The molecule has 1 saturated heterocycles. The van der Waals surface area contributed by atoms with E-state index in [2.05, 4.69) is 25.5 Å². The van der Waals surface area contributed by atoms with Crippen LogP contribution in [0.3, 0.4) is 0 Å². The Kier molecular flexibility index (Phi) is 5.11. The van der Waals surface area contributed by atoms with Gasteiger partial charge >= 0.3 is 0 Å². The van der Waals surface area contributed by atoms with Crippen LogP contribution in [0.15, 0.2) is 35.6 Å². The van der Waals surface area contributed by atoms with Crippen LogP contribution < -0.4 is 10.6 Å². The third-order valence-electron chi connectivity index (χ3n) is 5.40. The van der Waals surface area contributed by atoms with Gasteiger partial charge in [-0.2, -0.15) is 0 Å². The molecule has 1 aliphatic heterocycles. The van der Waals surface area contributed by atoms with Gasteiger partial charge in [0.15, 0.2) is 5.96 Å². The first kappa shape index (κ1) is 18.0. The third kappa shape index (κ3) is 4.13. The summed E-state index contributed by atoms with van der Waals surface area (Å²) in [5, 5.41) is 6.80. The molecule has 2 aromatic rings. The van der Waals surface area contributed by atoms with Crippen LogP contribution in [0.2, 0.25) is 0 Å². The number of rotatable bonds is 5. The van der Waals surface area contributed by atoms with Crippen LogP contribution in [0.1, 0.15) is 30.7 Å². The highest BCUT2D eigenvalue weighted by Crippen LogP contribution is 2.29. The van der Waals surface area contributed by atoms with Gasteiger partial charge in [0.2, 0.25) is 0 Å². The second-order valence-corrected chi connectivity index (χ2v) is 7.41. The lowest BCUT2D eigenvalue weighted by Gasteiger charge is -2.18. The summed E-state index contributed by atoms with van der Waals surface area (Å²) in [4.78, 5) is 11.0. The van der Waals surface area contributed by atoms with Crippen LogP contribution in [0.5, 0.6) is 0 Å². The molecular formula is C20H27FN6. The number of halogens is 1. The Balaban J connectivity index is 1.33. The smallest absolute Gasteiger partial charge is 0.191 e. The average Bonchev–Trinajstić information content (AvgIpc) is 3.27. The topological polar surface area (TPSA) is 57.5 Å². The molecule has 1 aromatic heterocycles. The molecule has 0 amide bonds. The van der Waals surface area contributed by atoms with E-state index in [9.17, 15) is 4.39 Å². The third-order valence-corrected chi connectivity index (χ3v) is 5.40. The molecular weight excluding hydrogens is 343 g/mol. The Morgan fingerprint density at radius 3 is 2.85 bits per heavy atom. The van der Waals surface area contributed by atoms with E-state index in [4.69, 9.17) is 0 Å². The van der Waals surface area contributed by atoms with Crippen LogP contribution in [0.4, 0.5) is 4.39 Å². The number of hydrogen-bond donors (Lipinski definition) is 2. The van der Waals surface area contributed by atoms with Crippen LogP contribution >= 0.6 is 0 Å². The number of aromatic nitrogens is 2. The molecule has 1 unspecified atom stereocenters. The zero-order valence-electron chi connectivity index (χ0n) is 16.0. The van der Waals surface area contributed by atoms with Gasteiger partial charge in [-0.1, -0.05) is 6.07 Å². The first-order valence-electron chi connectivity index (χ1n) is 9.64. The van der Waals surface area contributed by atoms with Crippen molar-refractivity contribution in [3.05, 3.63) is 47.8 Å². The van der Waals surface area contributed by atoms with Gasteiger partial charge in [0.1, 0.15) is 11.6 Å². The van der Waals surface area contributed by atoms with Crippen molar-refractivity contribution >= 4 is 5.96 Å². The van der Waals surface area contributed by atoms with Crippen molar-refractivity contribution in [1.82, 2.24) is 25.1 Å². The Morgan fingerprint density at radius 1 is 1.33 bits per heavy atom. The fourth-order valence-electron chi connectivity index (χ4n) is 3.74. The van der Waals surface area contributed by atoms with Crippen molar-refractivity contribution in [2.45, 2.75) is 44.8 Å². The number of imidazole rings is 1. The monoisotopic (exact) mass is 370 g/mol. The standard InChI is InChI=1S/C20H27FN6/c1-14-23-8-10-27(14)19-6-3-15(11-18(19)21)12-24-20(22-2)25-16-7-9-26(13-16)17-4-5-17/h3,6,8,10-11,16-17H,4-5,7,9,12-13H2,1-2H3,(H2,22,24,25). The Hall–Kier alpha value is -2.41. The van der Waals surface area contributed by atoms with Gasteiger partial charge in [-0.25, -0.2) is 9.37 Å². The van der Waals surface area contributed by atoms with Gasteiger partial charge in [0.05, 0.1) is 5.69 Å². The van der Waals surface area contributed by atoms with Gasteiger partial charge < -0.3 is 15.2 Å². The van der Waals surface area contributed by atoms with E-state index in [1.165, 1.54) is 19.4 Å². The number of guanidine groups is 1. The number of benzene rings is 1. The lowest BCUT2D eigenvalue weighted by molar-refractivity contribution is 0.321. The van der Waals surface area contributed by atoms with E-state index in [-0.39, 0.29) is 5.82 Å². The molecule has 0 radical (unpaired) electrons. The summed E-state index contributed by atoms with van der Waals surface area (Å²) in [6.45, 7) is 4.63. The number of likely N-dealkylation sites (tertiary alicyclic amines) is 1. The summed E-state index contributed by atoms with van der Waals surface area (Å²) >= 11 is 0. The molecule has 144 valence electrons. The summed E-state index contributed by atoms with van der Waals surface area (Å²) in [6, 6.07) is 6.54. The predicted molar refractivity (Wildman–Crippen MR) is 105 cm³/mol. The maximum Gasteiger partial charge on any atom is 0.191 e. The first-order chi connectivity index (χ1) is 13.1. The Bertz CT molecular complexity index is 826. The highest BCUT2D eigenvalue weighted by Gasteiger charge is 2.34. The summed E-state index contributed by atoms with van der Waals surface area (Å²) in [7, 11) is 1.77. The fraction of sp³-hybridized carbons (Fsp3) is 0.500. The quantitative estimate of drug-likeness (QED) is 0.626. The summed E-state index contributed by atoms with van der Waals surface area (Å²) < 4.78 is 16.3. The highest BCUT2D eigenvalue weighted by molar-refractivity contribution is 5.80. The zero-order valence-corrected chi connectivity index (χ0v) is 16.0. The van der Waals surface area contributed by atoms with Crippen LogP contribution in [-0.4, -0.2) is 52.6 Å². The molecule has 4 rings (SSSR count). The van der Waals surface area contributed by atoms with Crippen molar-refractivity contribution in [2.75, 3.05) is 20.1 Å². The molecule has 2 fully saturated rings. The van der Waals surface area contributed by atoms with E-state index in [0.717, 1.165) is 36.4 Å². The van der Waals surface area contributed by atoms with Crippen LogP contribution in [0, 0.1) is 12.7 Å². The number of nitrogens with zero attached hydrogens (tertiary/aromatic N) is 4. The Morgan fingerprint density at radius 2 is 2.19 bits per heavy atom. The van der Waals surface area contributed by atoms with Gasteiger partial charge in [-0.15, -0.1) is 0 Å². The molecule has 7 heteroatoms. The Labute approximate surface area is 159 Å². The normalized spacial score (nSPS) is 20.9. The molecule has 2 N–H and O–H groups in total. The van der Waals surface area contributed by atoms with Crippen molar-refractivity contribution < 1.29 is 4.39 Å². The van der Waals surface area contributed by atoms with E-state index in [1.807, 2.05) is 13.0 Å². The maximum atomic E-state index is 14.5. The SMILES string of the molecule is CN=C(NCc1ccc(-n2ccnc2C)c(F)c1)NC1CCN(C2CC2)C1. The van der Waals surface area contributed by atoms with E-state index in [0.29, 0.717) is 18.3 Å². The molecule has 2 heterocycles. The molecule has 1 aromatic carbocycles. The second-order valence-electron chi connectivity index (χ2n) is 7.41. The molecule has 1 aliphatic carbocycles. The number of aryl methyl sites for hydroxylation is 1. The minimum absolute atomic E-state index is 0.255. The van der Waals surface area contributed by atoms with Crippen LogP contribution in [-0.2, 0) is 6.54 Å². The molecule has 6 nitrogen and oxygen atoms in total. The summed E-state index contributed by atoms with van der Waals surface area (Å²) in [5.41, 5.74) is 1.39. The first-order valence-corrected chi connectivity index (χ1v) is 9.64. The average molecular weight is 370 g/mol. The number of aliphatic imine (C=N–C) groups is 1. The lowest BCUT2D eigenvalue weighted by Crippen LogP contribution is -2.44. The van der Waals surface area contributed by atoms with Crippen molar-refractivity contribution in [1.29, 1.82) is 0 Å². The minimum atomic E-state index is -0.255. The second kappa shape index (κ2) is 7.68. The lowest BCUT2D eigenvalue weighted by atomic mass is 10.2. The summed E-state index contributed by atoms with van der Waals surface area (Å²) in [6.07, 6.45) is 7.28. The molecule has 27 heavy (non-hydrogen) atoms. The highest BCUT2D eigenvalue weighted by atomic mass is 19.1. The number of nitrogens with one attached hydrogen (secondary N) is 2. The van der Waals surface area contributed by atoms with Crippen molar-refractivity contribution in [2.24, 2.45) is 4.99 Å². The molecule has 2 aliphatic rings. The van der Waals surface area contributed by atoms with Gasteiger partial charge in [-0.3, -0.25) is 9.89 Å². The molecule has 1 atom stereocenters. The van der Waals surface area contributed by atoms with Crippen LogP contribution in [0.25, 0.3) is 5.69 Å². The molecule has 1 saturated carbocycles. The number of hydrogen-bond acceptors (Lipinski definition) is 3. The molecule has 0 spiro atoms. The van der Waals surface area contributed by atoms with Crippen molar-refractivity contribution in [3.63, 3.8) is 0 Å². The molecule has 0 bridgehead atoms. The zero-order chi connectivity index (χ0) is 18.8. The fourth-order valence-corrected chi connectivity index (χ4v) is 3.74. The maximum absolute atomic E-state index is 14.5. The van der Waals surface area contributed by atoms with Crippen molar-refractivity contribution in [3.8, 4) is 5.69 Å². The van der Waals surface area contributed by atoms with E-state index < -0.39 is 0 Å². The minimum Gasteiger partial charge on any atom is -0.352 e. The predicted octanol–water partition coefficient (Wildman–Crippen LogP) is 2.22. The van der Waals surface area contributed by atoms with Gasteiger partial charge in [0, 0.05) is 51.2 Å². The van der Waals surface area contributed by atoms with Gasteiger partial charge in [-0.05, 0) is 43.9 Å². The van der Waals surface area contributed by atoms with E-state index in [1.54, 1.807) is 36.1 Å². The summed E-state index contributed by atoms with van der Waals surface area (Å²) in [5.74, 6) is 1.28.